The van der Waals surface area contributed by atoms with E-state index in [1.807, 2.05) is 0 Å². The largest absolute Gasteiger partial charge is 0.303 e. The lowest BCUT2D eigenvalue weighted by molar-refractivity contribution is -0.478. The molecule has 74 valence electrons. The van der Waals surface area contributed by atoms with E-state index in [0.717, 1.165) is 19.8 Å². The Bertz CT molecular complexity index is 196. The average molecular weight is 182 g/mol. The van der Waals surface area contributed by atoms with Crippen molar-refractivity contribution in [2.45, 2.75) is 19.8 Å². The molecule has 2 aliphatic rings. The molecule has 3 heteroatoms. The smallest absolute Gasteiger partial charge is 0.147 e. The van der Waals surface area contributed by atoms with Gasteiger partial charge in [-0.05, 0) is 6.42 Å². The number of nitrogens with one attached hydrogen (secondary N) is 2. The van der Waals surface area contributed by atoms with Crippen LogP contribution in [-0.2, 0) is 0 Å². The fourth-order valence-electron chi connectivity index (χ4n) is 2.29. The minimum atomic E-state index is 0.487. The third kappa shape index (κ3) is 2.29. The second-order valence-corrected chi connectivity index (χ2v) is 4.65. The standard InChI is InChI=1S/C10H19N3/c1-10(3-2-4-11-7-10)8-13-6-5-12-9-13/h4,12H,2-3,5-9H2,1H3/p+1. The van der Waals surface area contributed by atoms with E-state index < -0.39 is 0 Å². The lowest BCUT2D eigenvalue weighted by Gasteiger charge is -2.30. The van der Waals surface area contributed by atoms with Crippen molar-refractivity contribution in [3.05, 3.63) is 0 Å². The Morgan fingerprint density at radius 1 is 1.62 bits per heavy atom. The molecule has 2 heterocycles. The summed E-state index contributed by atoms with van der Waals surface area (Å²) in [6.45, 7) is 8.24. The summed E-state index contributed by atoms with van der Waals surface area (Å²) in [5.74, 6) is 0. The maximum absolute atomic E-state index is 3.38. The molecule has 2 aliphatic heterocycles. The molecule has 0 bridgehead atoms. The lowest BCUT2D eigenvalue weighted by atomic mass is 9.83. The molecule has 2 N–H and O–H groups in total. The summed E-state index contributed by atoms with van der Waals surface area (Å²) >= 11 is 0. The molecule has 0 saturated carbocycles. The van der Waals surface area contributed by atoms with Crippen LogP contribution < -0.4 is 10.3 Å². The Morgan fingerprint density at radius 2 is 2.54 bits per heavy atom. The molecule has 1 saturated heterocycles. The molecule has 3 nitrogen and oxygen atoms in total. The van der Waals surface area contributed by atoms with E-state index >= 15 is 0 Å². The predicted molar refractivity (Wildman–Crippen MR) is 53.7 cm³/mol. The number of nitrogens with zero attached hydrogens (tertiary/aromatic N) is 1. The zero-order valence-electron chi connectivity index (χ0n) is 8.47. The van der Waals surface area contributed by atoms with Crippen LogP contribution in [0.3, 0.4) is 0 Å². The molecule has 0 aromatic carbocycles. The molecule has 1 unspecified atom stereocenters. The summed E-state index contributed by atoms with van der Waals surface area (Å²) in [5, 5.41) is 3.38. The monoisotopic (exact) mass is 182 g/mol. The number of rotatable bonds is 2. The van der Waals surface area contributed by atoms with E-state index in [2.05, 4.69) is 28.3 Å². The summed E-state index contributed by atoms with van der Waals surface area (Å²) in [7, 11) is 0. The molecule has 2 rings (SSSR count). The van der Waals surface area contributed by atoms with Gasteiger partial charge in [0.1, 0.15) is 12.8 Å². The summed E-state index contributed by atoms with van der Waals surface area (Å²) in [5.41, 5.74) is 0.487. The van der Waals surface area contributed by atoms with Crippen LogP contribution in [0.25, 0.3) is 0 Å². The van der Waals surface area contributed by atoms with Crippen LogP contribution in [0.4, 0.5) is 0 Å². The molecular formula is C10H20N3+. The lowest BCUT2D eigenvalue weighted by Crippen LogP contribution is -2.76. The van der Waals surface area contributed by atoms with Crippen molar-refractivity contribution < 1.29 is 4.99 Å². The highest BCUT2D eigenvalue weighted by atomic mass is 15.3. The fourth-order valence-corrected chi connectivity index (χ4v) is 2.29. The van der Waals surface area contributed by atoms with Gasteiger partial charge in [-0.3, -0.25) is 9.89 Å². The molecule has 0 aromatic rings. The molecular weight excluding hydrogens is 162 g/mol. The van der Waals surface area contributed by atoms with Crippen LogP contribution in [0, 0.1) is 5.41 Å². The van der Waals surface area contributed by atoms with E-state index in [-0.39, 0.29) is 0 Å². The number of hydrogen-bond acceptors (Lipinski definition) is 2. The maximum Gasteiger partial charge on any atom is 0.147 e. The average Bonchev–Trinajstić information content (AvgIpc) is 2.57. The molecule has 0 aliphatic carbocycles. The van der Waals surface area contributed by atoms with E-state index in [9.17, 15) is 0 Å². The third-order valence-corrected chi connectivity index (χ3v) is 3.11. The summed E-state index contributed by atoms with van der Waals surface area (Å²) in [4.78, 5) is 5.90. The van der Waals surface area contributed by atoms with Gasteiger partial charge in [0.2, 0.25) is 0 Å². The first kappa shape index (κ1) is 9.16. The molecule has 0 amide bonds. The van der Waals surface area contributed by atoms with Gasteiger partial charge in [0, 0.05) is 38.1 Å². The van der Waals surface area contributed by atoms with Gasteiger partial charge in [0.15, 0.2) is 0 Å². The van der Waals surface area contributed by atoms with Crippen molar-refractivity contribution in [2.75, 3.05) is 32.8 Å². The molecule has 1 atom stereocenters. The Kier molecular flexibility index (Phi) is 2.65. The van der Waals surface area contributed by atoms with Crippen molar-refractivity contribution in [3.8, 4) is 0 Å². The Hall–Kier alpha value is -0.410. The van der Waals surface area contributed by atoms with Crippen LogP contribution in [0.15, 0.2) is 0 Å². The van der Waals surface area contributed by atoms with E-state index in [4.69, 9.17) is 0 Å². The van der Waals surface area contributed by atoms with Crippen molar-refractivity contribution in [1.82, 2.24) is 10.2 Å². The zero-order valence-corrected chi connectivity index (χ0v) is 8.47. The van der Waals surface area contributed by atoms with Crippen LogP contribution in [-0.4, -0.2) is 44.0 Å². The van der Waals surface area contributed by atoms with Crippen molar-refractivity contribution in [1.29, 1.82) is 0 Å². The van der Waals surface area contributed by atoms with Crippen molar-refractivity contribution in [2.24, 2.45) is 5.41 Å². The second kappa shape index (κ2) is 3.76. The minimum Gasteiger partial charge on any atom is -0.303 e. The van der Waals surface area contributed by atoms with Crippen molar-refractivity contribution >= 4 is 6.21 Å². The van der Waals surface area contributed by atoms with E-state index in [1.54, 1.807) is 0 Å². The van der Waals surface area contributed by atoms with Gasteiger partial charge in [-0.2, -0.15) is 0 Å². The van der Waals surface area contributed by atoms with Gasteiger partial charge in [-0.15, -0.1) is 0 Å². The zero-order chi connectivity index (χ0) is 9.15. The van der Waals surface area contributed by atoms with E-state index in [1.165, 1.54) is 25.9 Å². The van der Waals surface area contributed by atoms with Gasteiger partial charge in [-0.25, -0.2) is 0 Å². The quantitative estimate of drug-likeness (QED) is 0.562. The first-order chi connectivity index (χ1) is 6.29. The van der Waals surface area contributed by atoms with Gasteiger partial charge in [-0.1, -0.05) is 6.92 Å². The molecule has 0 spiro atoms. The van der Waals surface area contributed by atoms with Gasteiger partial charge in [0.25, 0.3) is 0 Å². The van der Waals surface area contributed by atoms with Crippen LogP contribution in [0.1, 0.15) is 19.8 Å². The Morgan fingerprint density at radius 3 is 3.15 bits per heavy atom. The van der Waals surface area contributed by atoms with Crippen LogP contribution in [0.5, 0.6) is 0 Å². The summed E-state index contributed by atoms with van der Waals surface area (Å²) < 4.78 is 0. The normalized spacial score (nSPS) is 35.5. The Labute approximate surface area is 80.2 Å². The maximum atomic E-state index is 3.38. The topological polar surface area (TPSA) is 29.2 Å². The minimum absolute atomic E-state index is 0.487. The van der Waals surface area contributed by atoms with Gasteiger partial charge in [0.05, 0.1) is 0 Å². The van der Waals surface area contributed by atoms with Crippen LogP contribution in [0.2, 0.25) is 0 Å². The van der Waals surface area contributed by atoms with Gasteiger partial charge >= 0.3 is 0 Å². The molecule has 13 heavy (non-hydrogen) atoms. The fraction of sp³-hybridized carbons (Fsp3) is 0.900. The first-order valence-electron chi connectivity index (χ1n) is 5.27. The van der Waals surface area contributed by atoms with E-state index in [0.29, 0.717) is 5.41 Å². The highest BCUT2D eigenvalue weighted by Gasteiger charge is 2.31. The third-order valence-electron chi connectivity index (χ3n) is 3.11. The molecule has 0 aromatic heterocycles. The van der Waals surface area contributed by atoms with Crippen molar-refractivity contribution in [3.63, 3.8) is 0 Å². The SMILES string of the molecule is CC1(CN2CCNC2)CCC=[NH+]C1. The predicted octanol–water partition coefficient (Wildman–Crippen LogP) is -1.20. The summed E-state index contributed by atoms with van der Waals surface area (Å²) in [6.07, 6.45) is 4.75. The van der Waals surface area contributed by atoms with Crippen LogP contribution >= 0.6 is 0 Å². The second-order valence-electron chi connectivity index (χ2n) is 4.65. The van der Waals surface area contributed by atoms with Gasteiger partial charge < -0.3 is 5.32 Å². The molecule has 1 fully saturated rings. The first-order valence-corrected chi connectivity index (χ1v) is 5.27. The Balaban J connectivity index is 1.87. The molecule has 0 radical (unpaired) electrons. The number of hydrogen-bond donors (Lipinski definition) is 2. The highest BCUT2D eigenvalue weighted by Crippen LogP contribution is 2.23. The highest BCUT2D eigenvalue weighted by molar-refractivity contribution is 5.50. The summed E-state index contributed by atoms with van der Waals surface area (Å²) in [6, 6.07) is 0.